The Morgan fingerprint density at radius 1 is 1.14 bits per heavy atom. The Kier molecular flexibility index (Phi) is 2.93. The van der Waals surface area contributed by atoms with E-state index in [0.29, 0.717) is 11.1 Å². The van der Waals surface area contributed by atoms with Crippen LogP contribution in [0, 0.1) is 0 Å². The summed E-state index contributed by atoms with van der Waals surface area (Å²) in [7, 11) is 3.01. The molecule has 1 saturated carbocycles. The van der Waals surface area contributed by atoms with E-state index in [0.717, 1.165) is 0 Å². The largest absolute Gasteiger partial charge is 0.134 e. The second-order valence-corrected chi connectivity index (χ2v) is 5.52. The van der Waals surface area contributed by atoms with Gasteiger partial charge in [0.2, 0.25) is 0 Å². The van der Waals surface area contributed by atoms with E-state index in [1.165, 1.54) is 25.7 Å². The molecule has 1 aliphatic rings. The van der Waals surface area contributed by atoms with Crippen LogP contribution >= 0.6 is 9.24 Å². The van der Waals surface area contributed by atoms with E-state index in [1.807, 2.05) is 0 Å². The molecule has 0 heterocycles. The van der Waals surface area contributed by atoms with Crippen molar-refractivity contribution in [3.63, 3.8) is 0 Å². The molecule has 0 N–H and O–H groups in total. The molecule has 1 heteroatoms. The molecule has 76 valence electrons. The lowest BCUT2D eigenvalue weighted by Crippen LogP contribution is -2.30. The van der Waals surface area contributed by atoms with Crippen LogP contribution in [0.15, 0.2) is 30.3 Å². The molecule has 0 amide bonds. The van der Waals surface area contributed by atoms with Crippen molar-refractivity contribution in [2.45, 2.75) is 43.7 Å². The predicted octanol–water partition coefficient (Wildman–Crippen LogP) is 3.76. The lowest BCUT2D eigenvalue weighted by atomic mass is 9.76. The van der Waals surface area contributed by atoms with E-state index in [-0.39, 0.29) is 0 Å². The minimum Gasteiger partial charge on any atom is -0.134 e. The van der Waals surface area contributed by atoms with Crippen molar-refractivity contribution >= 4 is 9.24 Å². The molecule has 1 aliphatic carbocycles. The first kappa shape index (κ1) is 10.2. The molecule has 0 nitrogen and oxygen atoms in total. The molecular weight excluding hydrogens is 187 g/mol. The van der Waals surface area contributed by atoms with Gasteiger partial charge in [0.05, 0.1) is 0 Å². The third kappa shape index (κ3) is 1.61. The summed E-state index contributed by atoms with van der Waals surface area (Å²) in [5, 5.41) is 0. The zero-order chi connectivity index (χ0) is 10.0. The average molecular weight is 206 g/mol. The van der Waals surface area contributed by atoms with Crippen LogP contribution in [0.4, 0.5) is 0 Å². The summed E-state index contributed by atoms with van der Waals surface area (Å²) in [5.74, 6) is 0. The predicted molar refractivity (Wildman–Crippen MR) is 65.8 cm³/mol. The minimum atomic E-state index is 0.450. The molecule has 2 atom stereocenters. The van der Waals surface area contributed by atoms with Crippen LogP contribution in [-0.2, 0) is 5.41 Å². The lowest BCUT2D eigenvalue weighted by molar-refractivity contribution is 0.437. The Morgan fingerprint density at radius 2 is 1.71 bits per heavy atom. The smallest absolute Gasteiger partial charge is 0.00130 e. The zero-order valence-corrected chi connectivity index (χ0v) is 10.0. The molecule has 0 saturated heterocycles. The van der Waals surface area contributed by atoms with Gasteiger partial charge in [0.25, 0.3) is 0 Å². The van der Waals surface area contributed by atoms with Crippen molar-refractivity contribution in [2.75, 3.05) is 0 Å². The monoisotopic (exact) mass is 206 g/mol. The molecule has 2 rings (SSSR count). The summed E-state index contributed by atoms with van der Waals surface area (Å²) in [6.45, 7) is 2.34. The van der Waals surface area contributed by atoms with Crippen LogP contribution in [0.2, 0.25) is 0 Å². The van der Waals surface area contributed by atoms with Crippen molar-refractivity contribution in [1.82, 2.24) is 0 Å². The number of rotatable bonds is 2. The molecule has 0 spiro atoms. The first-order chi connectivity index (χ1) is 6.76. The van der Waals surface area contributed by atoms with Crippen LogP contribution in [0.25, 0.3) is 0 Å². The Hall–Kier alpha value is -0.350. The van der Waals surface area contributed by atoms with Crippen molar-refractivity contribution in [3.8, 4) is 0 Å². The van der Waals surface area contributed by atoms with E-state index in [9.17, 15) is 0 Å². The summed E-state index contributed by atoms with van der Waals surface area (Å²) < 4.78 is 0. The second-order valence-electron chi connectivity index (χ2n) is 4.52. The maximum atomic E-state index is 3.01. The van der Waals surface area contributed by atoms with Gasteiger partial charge in [-0.1, -0.05) is 50.1 Å². The molecule has 1 fully saturated rings. The summed E-state index contributed by atoms with van der Waals surface area (Å²) in [6.07, 6.45) is 5.52. The maximum Gasteiger partial charge on any atom is 0.00130 e. The van der Waals surface area contributed by atoms with E-state index >= 15 is 0 Å². The highest BCUT2D eigenvalue weighted by Crippen LogP contribution is 2.46. The van der Waals surface area contributed by atoms with Gasteiger partial charge in [-0.05, 0) is 24.1 Å². The molecule has 1 aromatic rings. The van der Waals surface area contributed by atoms with E-state index in [1.54, 1.807) is 5.56 Å². The lowest BCUT2D eigenvalue weighted by Gasteiger charge is -2.34. The van der Waals surface area contributed by atoms with Gasteiger partial charge in [0.15, 0.2) is 0 Å². The fourth-order valence-corrected chi connectivity index (χ4v) is 3.31. The van der Waals surface area contributed by atoms with Gasteiger partial charge in [0, 0.05) is 5.41 Å². The fourth-order valence-electron chi connectivity index (χ4n) is 2.78. The van der Waals surface area contributed by atoms with Gasteiger partial charge < -0.3 is 0 Å². The van der Waals surface area contributed by atoms with Crippen LogP contribution in [0.1, 0.15) is 38.2 Å². The molecule has 2 unspecified atom stereocenters. The fraction of sp³-hybridized carbons (Fsp3) is 0.538. The molecule has 14 heavy (non-hydrogen) atoms. The maximum absolute atomic E-state index is 3.01. The summed E-state index contributed by atoms with van der Waals surface area (Å²) in [5.41, 5.74) is 2.68. The van der Waals surface area contributed by atoms with Crippen molar-refractivity contribution in [1.29, 1.82) is 0 Å². The van der Waals surface area contributed by atoms with Crippen molar-refractivity contribution in [3.05, 3.63) is 35.9 Å². The first-order valence-electron chi connectivity index (χ1n) is 5.57. The quantitative estimate of drug-likeness (QED) is 0.646. The molecule has 1 aromatic carbocycles. The van der Waals surface area contributed by atoms with Gasteiger partial charge in [-0.3, -0.25) is 0 Å². The molecule has 0 radical (unpaired) electrons. The number of hydrogen-bond donors (Lipinski definition) is 0. The standard InChI is InChI=1S/C13H19P/c1-11(14)13(9-5-6-10-13)12-7-3-2-4-8-12/h2-4,7-8,11H,5-6,9-10,14H2,1H3. The Morgan fingerprint density at radius 3 is 2.21 bits per heavy atom. The third-order valence-corrected chi connectivity index (χ3v) is 4.35. The highest BCUT2D eigenvalue weighted by atomic mass is 31.0. The molecule has 0 aliphatic heterocycles. The topological polar surface area (TPSA) is 0 Å². The van der Waals surface area contributed by atoms with Crippen LogP contribution in [-0.4, -0.2) is 5.66 Å². The summed E-state index contributed by atoms with van der Waals surface area (Å²) in [6, 6.07) is 11.0. The van der Waals surface area contributed by atoms with Gasteiger partial charge in [-0.2, -0.15) is 0 Å². The van der Waals surface area contributed by atoms with Gasteiger partial charge in [-0.25, -0.2) is 0 Å². The van der Waals surface area contributed by atoms with Crippen molar-refractivity contribution in [2.24, 2.45) is 0 Å². The Labute approximate surface area is 89.3 Å². The van der Waals surface area contributed by atoms with Crippen LogP contribution < -0.4 is 0 Å². The van der Waals surface area contributed by atoms with Gasteiger partial charge in [-0.15, -0.1) is 9.24 Å². The van der Waals surface area contributed by atoms with E-state index in [4.69, 9.17) is 0 Å². The van der Waals surface area contributed by atoms with E-state index < -0.39 is 0 Å². The summed E-state index contributed by atoms with van der Waals surface area (Å²) >= 11 is 0. The Balaban J connectivity index is 2.36. The zero-order valence-electron chi connectivity index (χ0n) is 8.87. The molecule has 0 bridgehead atoms. The van der Waals surface area contributed by atoms with E-state index in [2.05, 4.69) is 46.5 Å². The molecular formula is C13H19P. The minimum absolute atomic E-state index is 0.450. The van der Waals surface area contributed by atoms with Gasteiger partial charge in [0.1, 0.15) is 0 Å². The second kappa shape index (κ2) is 4.03. The third-order valence-electron chi connectivity index (χ3n) is 3.72. The van der Waals surface area contributed by atoms with Gasteiger partial charge >= 0.3 is 0 Å². The highest BCUT2D eigenvalue weighted by Gasteiger charge is 2.38. The van der Waals surface area contributed by atoms with Crippen LogP contribution in [0.5, 0.6) is 0 Å². The highest BCUT2D eigenvalue weighted by molar-refractivity contribution is 7.17. The Bertz CT molecular complexity index is 283. The average Bonchev–Trinajstić information content (AvgIpc) is 2.69. The van der Waals surface area contributed by atoms with Crippen LogP contribution in [0.3, 0.4) is 0 Å². The SMILES string of the molecule is CC(P)C1(c2ccccc2)CCCC1. The first-order valence-corrected chi connectivity index (χ1v) is 6.23. The summed E-state index contributed by atoms with van der Waals surface area (Å²) in [4.78, 5) is 0. The number of hydrogen-bond acceptors (Lipinski definition) is 0. The number of benzene rings is 1. The normalized spacial score (nSPS) is 22.1. The van der Waals surface area contributed by atoms with Crippen molar-refractivity contribution < 1.29 is 0 Å². The molecule has 0 aromatic heterocycles.